The third-order valence-corrected chi connectivity index (χ3v) is 25.2. The Kier molecular flexibility index (Phi) is 20.0. The molecule has 12 heteroatoms. The van der Waals surface area contributed by atoms with Crippen molar-refractivity contribution < 1.29 is 0 Å². The van der Waals surface area contributed by atoms with Gasteiger partial charge in [-0.15, -0.1) is 0 Å². The molecule has 0 aliphatic rings. The topological polar surface area (TPSA) is 131 Å². The van der Waals surface area contributed by atoms with Gasteiger partial charge in [0.05, 0.1) is 50.2 Å². The molecule has 6 aromatic heterocycles. The van der Waals surface area contributed by atoms with Crippen molar-refractivity contribution in [2.75, 3.05) is 0 Å². The van der Waals surface area contributed by atoms with Crippen LogP contribution in [0.4, 0.5) is 0 Å². The molecule has 0 N–H and O–H groups in total. The molecule has 26 rings (SSSR count). The van der Waals surface area contributed by atoms with E-state index >= 15 is 0 Å². The fraction of sp³-hybridized carbons (Fsp3) is 0. The number of hydrogen-bond donors (Lipinski definition) is 0. The van der Waals surface area contributed by atoms with E-state index in [4.69, 9.17) is 44.9 Å². The molecule has 0 radical (unpaired) electrons. The lowest BCUT2D eigenvalue weighted by atomic mass is 9.99. The molecule has 0 fully saturated rings. The Bertz CT molecular complexity index is 8730. The molecule has 20 aromatic carbocycles. The van der Waals surface area contributed by atoms with Gasteiger partial charge in [-0.2, -0.15) is 0 Å². The van der Waals surface area contributed by atoms with Crippen LogP contribution in [-0.2, 0) is 0 Å². The summed E-state index contributed by atoms with van der Waals surface area (Å²) in [6.45, 7) is 0. The van der Waals surface area contributed by atoms with Crippen molar-refractivity contribution in [1.82, 2.24) is 58.6 Å². The fourth-order valence-corrected chi connectivity index (χ4v) is 19.1. The first-order chi connectivity index (χ1) is 66.0. The highest BCUT2D eigenvalue weighted by Crippen LogP contribution is 2.45. The largest absolute Gasteiger partial charge is 0.309 e. The molecule has 133 heavy (non-hydrogen) atoms. The van der Waals surface area contributed by atoms with E-state index < -0.39 is 0 Å². The summed E-state index contributed by atoms with van der Waals surface area (Å²) in [6, 6.07) is 165. The SMILES string of the molecule is c1ccc(-c2nc(-c3ccc4ccccc4c3)nc(-c3ccc(-n4c5ccccc5c5ccccc54)c4ccccc34)n2)cc1.c1ccc(-c2nc(-c3ccccc3)nc(-c3ccc(-n4c5ccccc5c5c(-c6ccccc6)cccc54)c4ccccc34)n2)cc1.c1ccc(-c2nc(-c3ccccc3)nc(-c3cccc4c(-n5c6ccccc6c6ccccc65)cccc34)n2)cc1. The highest BCUT2D eigenvalue weighted by Gasteiger charge is 2.25. The number of rotatable bonds is 13. The van der Waals surface area contributed by atoms with Gasteiger partial charge in [0.15, 0.2) is 52.4 Å². The Morgan fingerprint density at radius 3 is 0.774 bits per heavy atom. The zero-order chi connectivity index (χ0) is 88.1. The van der Waals surface area contributed by atoms with Gasteiger partial charge in [-0.3, -0.25) is 0 Å². The Hall–Kier alpha value is -18.1. The molecule has 0 bridgehead atoms. The average molecular weight is 1700 g/mol. The van der Waals surface area contributed by atoms with Crippen LogP contribution in [-0.4, -0.2) is 58.6 Å². The van der Waals surface area contributed by atoms with Crippen LogP contribution < -0.4 is 0 Å². The quantitative estimate of drug-likeness (QED) is 0.111. The molecule has 0 aliphatic heterocycles. The molecule has 0 spiro atoms. The van der Waals surface area contributed by atoms with Crippen LogP contribution >= 0.6 is 0 Å². The third kappa shape index (κ3) is 14.4. The van der Waals surface area contributed by atoms with Crippen molar-refractivity contribution in [2.45, 2.75) is 0 Å². The predicted molar refractivity (Wildman–Crippen MR) is 547 cm³/mol. The molecule has 12 nitrogen and oxygen atoms in total. The van der Waals surface area contributed by atoms with Crippen LogP contribution in [0, 0.1) is 0 Å². The van der Waals surface area contributed by atoms with Crippen LogP contribution in [0.2, 0.25) is 0 Å². The van der Waals surface area contributed by atoms with Gasteiger partial charge in [-0.25, -0.2) is 44.9 Å². The molecule has 0 atom stereocenters. The monoisotopic (exact) mass is 1700 g/mol. The summed E-state index contributed by atoms with van der Waals surface area (Å²) in [5.74, 6) is 5.88. The number of aromatic nitrogens is 12. The summed E-state index contributed by atoms with van der Waals surface area (Å²) in [4.78, 5) is 45.1. The summed E-state index contributed by atoms with van der Waals surface area (Å²) in [7, 11) is 0. The first-order valence-electron chi connectivity index (χ1n) is 44.7. The first-order valence-corrected chi connectivity index (χ1v) is 44.7. The second-order valence-electron chi connectivity index (χ2n) is 33.0. The number of fused-ring (bicyclic) bond motifs is 13. The number of hydrogen-bond acceptors (Lipinski definition) is 9. The van der Waals surface area contributed by atoms with Gasteiger partial charge in [0.25, 0.3) is 0 Å². The number of nitrogens with zero attached hydrogens (tertiary/aromatic N) is 12. The van der Waals surface area contributed by atoms with Crippen LogP contribution in [0.25, 0.3) is 239 Å². The summed E-state index contributed by atoms with van der Waals surface area (Å²) in [5, 5.41) is 16.5. The van der Waals surface area contributed by atoms with E-state index in [0.29, 0.717) is 52.4 Å². The fourth-order valence-electron chi connectivity index (χ4n) is 19.1. The maximum atomic E-state index is 5.12. The summed E-state index contributed by atoms with van der Waals surface area (Å²) >= 11 is 0. The number of para-hydroxylation sites is 5. The molecular weight excluding hydrogens is 1620 g/mol. The molecule has 6 heterocycles. The van der Waals surface area contributed by atoms with Gasteiger partial charge in [-0.05, 0) is 111 Å². The van der Waals surface area contributed by atoms with Crippen molar-refractivity contribution in [1.29, 1.82) is 0 Å². The maximum Gasteiger partial charge on any atom is 0.164 e. The lowest BCUT2D eigenvalue weighted by Gasteiger charge is -2.15. The molecule has 0 aliphatic carbocycles. The zero-order valence-corrected chi connectivity index (χ0v) is 71.9. The zero-order valence-electron chi connectivity index (χ0n) is 71.9. The third-order valence-electron chi connectivity index (χ3n) is 25.2. The van der Waals surface area contributed by atoms with Crippen molar-refractivity contribution in [3.05, 3.63) is 473 Å². The minimum Gasteiger partial charge on any atom is -0.309 e. The summed E-state index contributed by atoms with van der Waals surface area (Å²) < 4.78 is 7.15. The highest BCUT2D eigenvalue weighted by atomic mass is 15.1. The van der Waals surface area contributed by atoms with E-state index in [9.17, 15) is 0 Å². The van der Waals surface area contributed by atoms with E-state index in [1.54, 1.807) is 0 Å². The van der Waals surface area contributed by atoms with Gasteiger partial charge in [0, 0.05) is 98.5 Å². The van der Waals surface area contributed by atoms with Crippen LogP contribution in [0.3, 0.4) is 0 Å². The Labute approximate surface area is 765 Å². The number of benzene rings is 20. The van der Waals surface area contributed by atoms with Gasteiger partial charge in [-0.1, -0.05) is 400 Å². The molecule has 0 amide bonds. The van der Waals surface area contributed by atoms with Crippen LogP contribution in [0.5, 0.6) is 0 Å². The second kappa shape index (κ2) is 33.9. The van der Waals surface area contributed by atoms with Crippen molar-refractivity contribution in [2.24, 2.45) is 0 Å². The van der Waals surface area contributed by atoms with E-state index in [2.05, 4.69) is 335 Å². The smallest absolute Gasteiger partial charge is 0.164 e. The van der Waals surface area contributed by atoms with Gasteiger partial charge >= 0.3 is 0 Å². The Morgan fingerprint density at radius 1 is 0.128 bits per heavy atom. The molecule has 622 valence electrons. The van der Waals surface area contributed by atoms with Crippen molar-refractivity contribution in [3.63, 3.8) is 0 Å². The van der Waals surface area contributed by atoms with E-state index in [1.165, 1.54) is 81.9 Å². The standard InChI is InChI=1S/C43H28N4.C41H26N4.C37H24N4/c1-4-15-29(16-5-1)32-24-14-26-39-40(32)36-23-12-13-25-37(36)47(39)38-28-27-35(33-21-10-11-22-34(33)38)43-45-41(30-17-6-2-7-18-30)44-42(46-43)31-19-8-3-9-20-31;1-2-13-28(14-3-1)39-42-40(30-23-22-27-12-4-5-15-29(27)26-30)44-41(43-39)35-24-25-38(32-17-7-6-16-31(32)35)45-36-20-10-8-18-33(36)34-19-9-11-21-37(34)45;1-3-13-25(14-4-1)35-38-36(26-15-5-2-6-16-26)40-37(39-35)31-21-11-20-28-27(31)19-12-24-34(28)41-32-22-9-7-17-29(32)30-18-8-10-23-33(30)41/h1-28H;1-26H;1-24H. The van der Waals surface area contributed by atoms with Crippen molar-refractivity contribution >= 4 is 109 Å². The Balaban J connectivity index is 0.000000110. The highest BCUT2D eigenvalue weighted by molar-refractivity contribution is 6.18. The predicted octanol–water partition coefficient (Wildman–Crippen LogP) is 30.2. The minimum absolute atomic E-state index is 0.647. The molecule has 0 unspecified atom stereocenters. The van der Waals surface area contributed by atoms with Gasteiger partial charge in [0.2, 0.25) is 0 Å². The molecule has 26 aromatic rings. The van der Waals surface area contributed by atoms with E-state index in [0.717, 1.165) is 105 Å². The lowest BCUT2D eigenvalue weighted by Crippen LogP contribution is -2.01. The molecular formula is C121H78N12. The summed E-state index contributed by atoms with van der Waals surface area (Å²) in [6.07, 6.45) is 0. The lowest BCUT2D eigenvalue weighted by molar-refractivity contribution is 1.08. The van der Waals surface area contributed by atoms with Crippen molar-refractivity contribution in [3.8, 4) is 131 Å². The first kappa shape index (κ1) is 78.4. The van der Waals surface area contributed by atoms with Crippen LogP contribution in [0.15, 0.2) is 473 Å². The minimum atomic E-state index is 0.647. The summed E-state index contributed by atoms with van der Waals surface area (Å²) in [5.41, 5.74) is 21.5. The van der Waals surface area contributed by atoms with E-state index in [1.807, 2.05) is 152 Å². The maximum absolute atomic E-state index is 5.12. The molecule has 0 saturated heterocycles. The normalized spacial score (nSPS) is 11.5. The van der Waals surface area contributed by atoms with Gasteiger partial charge in [0.1, 0.15) is 0 Å². The average Bonchev–Trinajstić information content (AvgIpc) is 1.57. The second-order valence-corrected chi connectivity index (χ2v) is 33.0. The van der Waals surface area contributed by atoms with Crippen LogP contribution in [0.1, 0.15) is 0 Å². The van der Waals surface area contributed by atoms with Gasteiger partial charge < -0.3 is 13.7 Å². The van der Waals surface area contributed by atoms with E-state index in [-0.39, 0.29) is 0 Å². The Morgan fingerprint density at radius 2 is 0.376 bits per heavy atom. The molecule has 0 saturated carbocycles.